The fourth-order valence-corrected chi connectivity index (χ4v) is 5.42. The first kappa shape index (κ1) is 36.6. The molecule has 3 aromatic carbocycles. The van der Waals surface area contributed by atoms with Crippen LogP contribution in [-0.2, 0) is 41.6 Å². The molecule has 1 aliphatic rings. The Morgan fingerprint density at radius 1 is 0.700 bits per heavy atom. The largest absolute Gasteiger partial charge is 0.508 e. The third-order valence-corrected chi connectivity index (χ3v) is 7.95. The van der Waals surface area contributed by atoms with Crippen LogP contribution in [0.25, 0.3) is 10.8 Å². The number of aliphatic imine (C=N–C) groups is 1. The number of hydrogen-bond donors (Lipinski definition) is 9. The molecule has 0 saturated carbocycles. The summed E-state index contributed by atoms with van der Waals surface area (Å²) < 4.78 is 0. The highest BCUT2D eigenvalue weighted by Crippen LogP contribution is 2.17. The number of hydrogen-bond acceptors (Lipinski definition) is 8. The Labute approximate surface area is 287 Å². The summed E-state index contributed by atoms with van der Waals surface area (Å²) in [6, 6.07) is 13.8. The van der Waals surface area contributed by atoms with Gasteiger partial charge in [0.15, 0.2) is 5.96 Å². The van der Waals surface area contributed by atoms with Gasteiger partial charge in [0, 0.05) is 19.4 Å². The summed E-state index contributed by atoms with van der Waals surface area (Å²) in [5.74, 6) is -5.00. The zero-order valence-corrected chi connectivity index (χ0v) is 27.2. The second-order valence-electron chi connectivity index (χ2n) is 11.9. The lowest BCUT2D eigenvalue weighted by Gasteiger charge is -2.25. The topological polar surface area (TPSA) is 273 Å². The second kappa shape index (κ2) is 17.3. The summed E-state index contributed by atoms with van der Waals surface area (Å²) in [5.41, 5.74) is 17.5. The van der Waals surface area contributed by atoms with Gasteiger partial charge in [0.05, 0.1) is 13.0 Å². The number of phenols is 1. The Morgan fingerprint density at radius 3 is 1.98 bits per heavy atom. The highest BCUT2D eigenvalue weighted by Gasteiger charge is 2.33. The van der Waals surface area contributed by atoms with Crippen LogP contribution in [0.2, 0.25) is 0 Å². The molecule has 16 nitrogen and oxygen atoms in total. The van der Waals surface area contributed by atoms with Gasteiger partial charge in [0.2, 0.25) is 35.4 Å². The van der Waals surface area contributed by atoms with Crippen LogP contribution in [0.1, 0.15) is 30.4 Å². The van der Waals surface area contributed by atoms with E-state index >= 15 is 0 Å². The van der Waals surface area contributed by atoms with Crippen LogP contribution in [-0.4, -0.2) is 83.8 Å². The van der Waals surface area contributed by atoms with Crippen molar-refractivity contribution < 1.29 is 33.9 Å². The smallest absolute Gasteiger partial charge is 0.243 e. The van der Waals surface area contributed by atoms with Crippen LogP contribution in [0.4, 0.5) is 0 Å². The van der Waals surface area contributed by atoms with Crippen molar-refractivity contribution in [1.82, 2.24) is 26.6 Å². The molecule has 0 aromatic heterocycles. The van der Waals surface area contributed by atoms with Gasteiger partial charge in [0.25, 0.3) is 0 Å². The molecule has 0 bridgehead atoms. The summed E-state index contributed by atoms with van der Waals surface area (Å²) >= 11 is 0. The molecular formula is C34H41N9O7. The van der Waals surface area contributed by atoms with Gasteiger partial charge in [-0.3, -0.25) is 33.8 Å². The minimum atomic E-state index is -1.52. The summed E-state index contributed by atoms with van der Waals surface area (Å²) in [6.45, 7) is -0.427. The lowest BCUT2D eigenvalue weighted by atomic mass is 10.0. The summed E-state index contributed by atoms with van der Waals surface area (Å²) in [7, 11) is 0. The number of phenolic OH excluding ortho intramolecular Hbond substituents is 1. The van der Waals surface area contributed by atoms with E-state index in [1.807, 2.05) is 42.5 Å². The number of benzene rings is 3. The van der Waals surface area contributed by atoms with Crippen molar-refractivity contribution in [3.63, 3.8) is 0 Å². The summed E-state index contributed by atoms with van der Waals surface area (Å²) in [4.78, 5) is 83.4. The van der Waals surface area contributed by atoms with E-state index in [4.69, 9.17) is 17.2 Å². The fraction of sp³-hybridized carbons (Fsp3) is 0.324. The van der Waals surface area contributed by atoms with Gasteiger partial charge in [-0.2, -0.15) is 0 Å². The molecule has 1 aliphatic heterocycles. The molecule has 1 saturated heterocycles. The molecular weight excluding hydrogens is 646 g/mol. The molecule has 12 N–H and O–H groups in total. The molecule has 264 valence electrons. The van der Waals surface area contributed by atoms with Crippen molar-refractivity contribution in [2.75, 3.05) is 13.1 Å². The number of nitrogens with two attached hydrogens (primary N) is 3. The van der Waals surface area contributed by atoms with E-state index in [0.29, 0.717) is 11.1 Å². The number of primary amides is 1. The highest BCUT2D eigenvalue weighted by atomic mass is 16.3. The SMILES string of the molecule is NC(=O)C[C@H]1NC(=O)[C@@H](Cc2ccc(O)cc2)NC(=O)CNC(=O)[C@H](Cc2ccc3ccccc3c2)NC(=O)[C@H](CCCN=C(N)N)NC1=O. The molecule has 0 aliphatic carbocycles. The van der Waals surface area contributed by atoms with Gasteiger partial charge in [-0.05, 0) is 46.9 Å². The molecule has 0 spiro atoms. The molecule has 4 rings (SSSR count). The molecule has 16 heteroatoms. The Hall–Kier alpha value is -6.19. The zero-order valence-electron chi connectivity index (χ0n) is 27.2. The molecule has 4 atom stereocenters. The van der Waals surface area contributed by atoms with E-state index in [-0.39, 0.29) is 43.9 Å². The Kier molecular flexibility index (Phi) is 12.7. The lowest BCUT2D eigenvalue weighted by Crippen LogP contribution is -2.58. The number of guanidine groups is 1. The maximum absolute atomic E-state index is 13.8. The van der Waals surface area contributed by atoms with Crippen LogP contribution in [0.15, 0.2) is 71.7 Å². The lowest BCUT2D eigenvalue weighted by molar-refractivity contribution is -0.135. The Bertz CT molecular complexity index is 1760. The van der Waals surface area contributed by atoms with E-state index in [9.17, 15) is 33.9 Å². The number of carbonyl (C=O) groups is 6. The third kappa shape index (κ3) is 10.9. The molecule has 1 fully saturated rings. The van der Waals surface area contributed by atoms with E-state index < -0.39 is 72.6 Å². The first-order chi connectivity index (χ1) is 23.9. The maximum atomic E-state index is 13.8. The molecule has 1 heterocycles. The predicted octanol–water partition coefficient (Wildman–Crippen LogP) is -1.67. The number of rotatable bonds is 10. The Balaban J connectivity index is 1.67. The van der Waals surface area contributed by atoms with Crippen LogP contribution >= 0.6 is 0 Å². The van der Waals surface area contributed by atoms with Crippen LogP contribution in [0, 0.1) is 0 Å². The third-order valence-electron chi connectivity index (χ3n) is 7.95. The standard InChI is InChI=1S/C34H41N9O7/c35-28(45)17-27-33(50)41-24(6-3-13-38-34(36)37)31(48)42-25(16-20-7-10-21-4-1-2-5-22(21)14-20)30(47)39-18-29(46)40-26(32(49)43-27)15-19-8-11-23(44)12-9-19/h1-2,4-5,7-12,14,24-27,44H,3,6,13,15-18H2,(H2,35,45)(H,39,47)(H,40,46)(H,41,50)(H,42,48)(H,43,49)(H4,36,37,38)/t24-,25-,26+,27+/m0/s1. The number of nitrogens with zero attached hydrogens (tertiary/aromatic N) is 1. The molecule has 0 unspecified atom stereocenters. The van der Waals surface area contributed by atoms with Gasteiger partial charge in [-0.1, -0.05) is 54.6 Å². The summed E-state index contributed by atoms with van der Waals surface area (Å²) in [5, 5.41) is 24.4. The minimum absolute atomic E-state index is 0.0133. The normalized spacial score (nSPS) is 20.6. The number of fused-ring (bicyclic) bond motifs is 1. The average molecular weight is 688 g/mol. The van der Waals surface area contributed by atoms with Crippen molar-refractivity contribution >= 4 is 52.2 Å². The van der Waals surface area contributed by atoms with Crippen LogP contribution < -0.4 is 43.8 Å². The summed E-state index contributed by atoms with van der Waals surface area (Å²) in [6.07, 6.45) is -0.414. The maximum Gasteiger partial charge on any atom is 0.243 e. The van der Waals surface area contributed by atoms with Crippen LogP contribution in [0.5, 0.6) is 5.75 Å². The average Bonchev–Trinajstić information content (AvgIpc) is 3.07. The van der Waals surface area contributed by atoms with Crippen molar-refractivity contribution in [1.29, 1.82) is 0 Å². The van der Waals surface area contributed by atoms with E-state index in [1.54, 1.807) is 12.1 Å². The van der Waals surface area contributed by atoms with Crippen molar-refractivity contribution in [3.05, 3.63) is 77.9 Å². The molecule has 50 heavy (non-hydrogen) atoms. The minimum Gasteiger partial charge on any atom is -0.508 e. The highest BCUT2D eigenvalue weighted by molar-refractivity contribution is 5.98. The quantitative estimate of drug-likeness (QED) is 0.0669. The molecule has 6 amide bonds. The van der Waals surface area contributed by atoms with Gasteiger partial charge < -0.3 is 48.9 Å². The van der Waals surface area contributed by atoms with Gasteiger partial charge in [0.1, 0.15) is 29.9 Å². The number of aromatic hydroxyl groups is 1. The fourth-order valence-electron chi connectivity index (χ4n) is 5.42. The first-order valence-corrected chi connectivity index (χ1v) is 16.0. The number of nitrogens with one attached hydrogen (secondary N) is 5. The molecule has 3 aromatic rings. The van der Waals surface area contributed by atoms with E-state index in [2.05, 4.69) is 31.6 Å². The number of carbonyl (C=O) groups excluding carboxylic acids is 6. The van der Waals surface area contributed by atoms with Crippen molar-refractivity contribution in [2.24, 2.45) is 22.2 Å². The predicted molar refractivity (Wildman–Crippen MR) is 184 cm³/mol. The number of amides is 6. The zero-order chi connectivity index (χ0) is 36.2. The van der Waals surface area contributed by atoms with E-state index in [0.717, 1.165) is 10.8 Å². The van der Waals surface area contributed by atoms with Gasteiger partial charge in [-0.25, -0.2) is 0 Å². The second-order valence-corrected chi connectivity index (χ2v) is 11.9. The van der Waals surface area contributed by atoms with E-state index in [1.165, 1.54) is 12.1 Å². The molecule has 0 radical (unpaired) electrons. The monoisotopic (exact) mass is 687 g/mol. The van der Waals surface area contributed by atoms with Crippen molar-refractivity contribution in [3.8, 4) is 5.75 Å². The Morgan fingerprint density at radius 2 is 1.28 bits per heavy atom. The van der Waals surface area contributed by atoms with Crippen LogP contribution in [0.3, 0.4) is 0 Å². The van der Waals surface area contributed by atoms with Gasteiger partial charge in [-0.15, -0.1) is 0 Å². The first-order valence-electron chi connectivity index (χ1n) is 16.0. The van der Waals surface area contributed by atoms with Crippen molar-refractivity contribution in [2.45, 2.75) is 56.3 Å². The van der Waals surface area contributed by atoms with Gasteiger partial charge >= 0.3 is 0 Å².